The van der Waals surface area contributed by atoms with E-state index < -0.39 is 0 Å². The van der Waals surface area contributed by atoms with Crippen molar-refractivity contribution >= 4 is 11.7 Å². The molecule has 1 saturated heterocycles. The molecule has 1 N–H and O–H groups in total. The van der Waals surface area contributed by atoms with Gasteiger partial charge in [-0.1, -0.05) is 19.3 Å². The Labute approximate surface area is 102 Å². The minimum Gasteiger partial charge on any atom is -0.325 e. The normalized spacial score (nSPS) is 17.1. The molecule has 4 heteroatoms. The summed E-state index contributed by atoms with van der Waals surface area (Å²) < 4.78 is 0. The maximum absolute atomic E-state index is 12.0. The van der Waals surface area contributed by atoms with Crippen molar-refractivity contribution in [2.45, 2.75) is 32.1 Å². The lowest BCUT2D eigenvalue weighted by Crippen LogP contribution is -2.37. The van der Waals surface area contributed by atoms with E-state index in [0.29, 0.717) is 0 Å². The Hall–Kier alpha value is -1.58. The molecule has 1 fully saturated rings. The molecule has 2 rings (SSSR count). The number of urea groups is 1. The van der Waals surface area contributed by atoms with E-state index in [2.05, 4.69) is 10.3 Å². The summed E-state index contributed by atoms with van der Waals surface area (Å²) in [6, 6.07) is 3.68. The van der Waals surface area contributed by atoms with E-state index in [9.17, 15) is 4.79 Å². The van der Waals surface area contributed by atoms with Gasteiger partial charge in [0.1, 0.15) is 0 Å². The Morgan fingerprint density at radius 3 is 2.53 bits per heavy atom. The van der Waals surface area contributed by atoms with E-state index in [1.807, 2.05) is 17.0 Å². The first-order valence-corrected chi connectivity index (χ1v) is 6.32. The number of rotatable bonds is 1. The molecule has 0 bridgehead atoms. The zero-order valence-corrected chi connectivity index (χ0v) is 10.1. The number of aromatic nitrogens is 1. The molecule has 1 aromatic rings. The molecular weight excluding hydrogens is 214 g/mol. The van der Waals surface area contributed by atoms with Gasteiger partial charge in [-0.2, -0.15) is 0 Å². The van der Waals surface area contributed by atoms with Crippen molar-refractivity contribution in [3.05, 3.63) is 24.5 Å². The number of likely N-dealkylation sites (tertiary alicyclic amines) is 1. The van der Waals surface area contributed by atoms with E-state index >= 15 is 0 Å². The first-order chi connectivity index (χ1) is 8.36. The van der Waals surface area contributed by atoms with Crippen LogP contribution < -0.4 is 5.32 Å². The molecule has 4 nitrogen and oxygen atoms in total. The van der Waals surface area contributed by atoms with Crippen LogP contribution in [0.2, 0.25) is 0 Å². The van der Waals surface area contributed by atoms with Gasteiger partial charge in [-0.15, -0.1) is 0 Å². The van der Waals surface area contributed by atoms with Crippen molar-refractivity contribution < 1.29 is 4.79 Å². The van der Waals surface area contributed by atoms with Crippen molar-refractivity contribution in [2.24, 2.45) is 0 Å². The molecule has 0 aliphatic carbocycles. The van der Waals surface area contributed by atoms with Crippen molar-refractivity contribution in [3.63, 3.8) is 0 Å². The number of hydrogen-bond donors (Lipinski definition) is 1. The Kier molecular flexibility index (Phi) is 4.36. The fraction of sp³-hybridized carbons (Fsp3) is 0.538. The summed E-state index contributed by atoms with van der Waals surface area (Å²) in [5, 5.41) is 2.88. The minimum atomic E-state index is -0.0000926. The number of nitrogens with one attached hydrogen (secondary N) is 1. The Morgan fingerprint density at radius 1 is 1.18 bits per heavy atom. The summed E-state index contributed by atoms with van der Waals surface area (Å²) in [6.45, 7) is 1.73. The number of anilines is 1. The highest BCUT2D eigenvalue weighted by Gasteiger charge is 2.14. The first-order valence-electron chi connectivity index (χ1n) is 6.32. The van der Waals surface area contributed by atoms with Gasteiger partial charge < -0.3 is 10.2 Å². The third-order valence-corrected chi connectivity index (χ3v) is 3.06. The van der Waals surface area contributed by atoms with Gasteiger partial charge >= 0.3 is 6.03 Å². The molecule has 1 aliphatic rings. The highest BCUT2D eigenvalue weighted by molar-refractivity contribution is 5.89. The second-order valence-corrected chi connectivity index (χ2v) is 4.43. The SMILES string of the molecule is O=C(Nc1cccnc1)N1CCCCCCC1. The smallest absolute Gasteiger partial charge is 0.321 e. The van der Waals surface area contributed by atoms with E-state index in [1.165, 1.54) is 19.3 Å². The summed E-state index contributed by atoms with van der Waals surface area (Å²) in [5.74, 6) is 0. The average molecular weight is 233 g/mol. The Bertz CT molecular complexity index is 345. The Balaban J connectivity index is 1.89. The summed E-state index contributed by atoms with van der Waals surface area (Å²) in [6.07, 6.45) is 9.36. The third-order valence-electron chi connectivity index (χ3n) is 3.06. The lowest BCUT2D eigenvalue weighted by molar-refractivity contribution is 0.206. The zero-order valence-electron chi connectivity index (χ0n) is 10.1. The van der Waals surface area contributed by atoms with Crippen LogP contribution in [0.25, 0.3) is 0 Å². The summed E-state index contributed by atoms with van der Waals surface area (Å²) in [5.41, 5.74) is 0.763. The highest BCUT2D eigenvalue weighted by Crippen LogP contribution is 2.12. The summed E-state index contributed by atoms with van der Waals surface area (Å²) in [7, 11) is 0. The minimum absolute atomic E-state index is 0.0000926. The van der Waals surface area contributed by atoms with Crippen molar-refractivity contribution in [1.29, 1.82) is 0 Å². The van der Waals surface area contributed by atoms with E-state index in [1.54, 1.807) is 12.4 Å². The molecule has 1 aromatic heterocycles. The fourth-order valence-corrected chi connectivity index (χ4v) is 2.09. The maximum atomic E-state index is 12.0. The van der Waals surface area contributed by atoms with Crippen LogP contribution in [0.1, 0.15) is 32.1 Å². The van der Waals surface area contributed by atoms with Crippen LogP contribution in [0.4, 0.5) is 10.5 Å². The van der Waals surface area contributed by atoms with Crippen LogP contribution in [0.5, 0.6) is 0 Å². The van der Waals surface area contributed by atoms with Crippen LogP contribution >= 0.6 is 0 Å². The number of pyridine rings is 1. The van der Waals surface area contributed by atoms with E-state index in [0.717, 1.165) is 31.6 Å². The number of hydrogen-bond acceptors (Lipinski definition) is 2. The topological polar surface area (TPSA) is 45.2 Å². The maximum Gasteiger partial charge on any atom is 0.321 e. The molecule has 1 aliphatic heterocycles. The van der Waals surface area contributed by atoms with Crippen molar-refractivity contribution in [3.8, 4) is 0 Å². The molecule has 0 saturated carbocycles. The molecule has 2 amide bonds. The van der Waals surface area contributed by atoms with E-state index in [-0.39, 0.29) is 6.03 Å². The van der Waals surface area contributed by atoms with Crippen LogP contribution in [0, 0.1) is 0 Å². The molecule has 2 heterocycles. The molecule has 92 valence electrons. The highest BCUT2D eigenvalue weighted by atomic mass is 16.2. The number of amides is 2. The van der Waals surface area contributed by atoms with Gasteiger partial charge in [0.2, 0.25) is 0 Å². The van der Waals surface area contributed by atoms with Gasteiger partial charge in [0.05, 0.1) is 11.9 Å². The van der Waals surface area contributed by atoms with Crippen LogP contribution in [0.15, 0.2) is 24.5 Å². The average Bonchev–Trinajstić information content (AvgIpc) is 2.29. The van der Waals surface area contributed by atoms with Crippen LogP contribution in [0.3, 0.4) is 0 Å². The molecular formula is C13H19N3O. The predicted molar refractivity (Wildman–Crippen MR) is 67.9 cm³/mol. The second-order valence-electron chi connectivity index (χ2n) is 4.43. The molecule has 0 unspecified atom stereocenters. The lowest BCUT2D eigenvalue weighted by atomic mass is 10.1. The molecule has 0 atom stereocenters. The first kappa shape index (κ1) is 11.9. The number of carbonyl (C=O) groups excluding carboxylic acids is 1. The van der Waals surface area contributed by atoms with E-state index in [4.69, 9.17) is 0 Å². The van der Waals surface area contributed by atoms with Gasteiger partial charge in [0, 0.05) is 19.3 Å². The van der Waals surface area contributed by atoms with Gasteiger partial charge in [-0.05, 0) is 25.0 Å². The largest absolute Gasteiger partial charge is 0.325 e. The molecule has 17 heavy (non-hydrogen) atoms. The van der Waals surface area contributed by atoms with Gasteiger partial charge in [0.15, 0.2) is 0 Å². The van der Waals surface area contributed by atoms with Gasteiger partial charge in [-0.3, -0.25) is 4.98 Å². The molecule has 0 spiro atoms. The summed E-state index contributed by atoms with van der Waals surface area (Å²) >= 11 is 0. The summed E-state index contributed by atoms with van der Waals surface area (Å²) in [4.78, 5) is 17.9. The third kappa shape index (κ3) is 3.73. The van der Waals surface area contributed by atoms with Gasteiger partial charge in [0.25, 0.3) is 0 Å². The number of nitrogens with zero attached hydrogens (tertiary/aromatic N) is 2. The lowest BCUT2D eigenvalue weighted by Gasteiger charge is -2.24. The number of carbonyl (C=O) groups is 1. The molecule has 0 radical (unpaired) electrons. The quantitative estimate of drug-likeness (QED) is 0.810. The standard InChI is InChI=1S/C13H19N3O/c17-13(15-12-7-6-8-14-11-12)16-9-4-2-1-3-5-10-16/h6-8,11H,1-5,9-10H2,(H,15,17). The fourth-order valence-electron chi connectivity index (χ4n) is 2.09. The van der Waals surface area contributed by atoms with Crippen molar-refractivity contribution in [1.82, 2.24) is 9.88 Å². The Morgan fingerprint density at radius 2 is 1.88 bits per heavy atom. The second kappa shape index (κ2) is 6.23. The van der Waals surface area contributed by atoms with Crippen LogP contribution in [-0.2, 0) is 0 Å². The van der Waals surface area contributed by atoms with Gasteiger partial charge in [-0.25, -0.2) is 4.79 Å². The molecule has 0 aromatic carbocycles. The van der Waals surface area contributed by atoms with Crippen LogP contribution in [-0.4, -0.2) is 29.0 Å². The predicted octanol–water partition coefficient (Wildman–Crippen LogP) is 2.88. The van der Waals surface area contributed by atoms with Crippen molar-refractivity contribution in [2.75, 3.05) is 18.4 Å². The monoisotopic (exact) mass is 233 g/mol. The zero-order chi connectivity index (χ0) is 11.9.